The first kappa shape index (κ1) is 5.72. The van der Waals surface area contributed by atoms with Gasteiger partial charge in [0.15, 0.2) is 0 Å². The molecule has 0 amide bonds. The Labute approximate surface area is 48.7 Å². The molecule has 1 aliphatic heterocycles. The molecule has 1 rings (SSSR count). The van der Waals surface area contributed by atoms with Gasteiger partial charge < -0.3 is 0 Å². The van der Waals surface area contributed by atoms with Gasteiger partial charge >= 0.3 is 0 Å². The lowest BCUT2D eigenvalue weighted by molar-refractivity contribution is -0.00587. The first-order valence-electron chi connectivity index (χ1n) is 2.73. The summed E-state index contributed by atoms with van der Waals surface area (Å²) in [6, 6.07) is 0. The van der Waals surface area contributed by atoms with Gasteiger partial charge in [-0.2, -0.15) is 5.48 Å². The highest BCUT2D eigenvalue weighted by Crippen LogP contribution is 1.93. The molecule has 46 valence electrons. The Bertz CT molecular complexity index is 90.6. The van der Waals surface area contributed by atoms with E-state index >= 15 is 0 Å². The molecule has 0 saturated carbocycles. The molecule has 3 heteroatoms. The van der Waals surface area contributed by atoms with E-state index in [1.54, 1.807) is 6.21 Å². The van der Waals surface area contributed by atoms with E-state index in [2.05, 4.69) is 10.5 Å². The van der Waals surface area contributed by atoms with Gasteiger partial charge in [0.25, 0.3) is 0 Å². The van der Waals surface area contributed by atoms with Crippen LogP contribution in [0.5, 0.6) is 0 Å². The molecule has 2 atom stereocenters. The van der Waals surface area contributed by atoms with Gasteiger partial charge in [-0.3, -0.25) is 9.83 Å². The Morgan fingerprint density at radius 3 is 2.75 bits per heavy atom. The van der Waals surface area contributed by atoms with E-state index in [-0.39, 0.29) is 12.3 Å². The van der Waals surface area contributed by atoms with Gasteiger partial charge in [0.1, 0.15) is 12.3 Å². The molecular weight excluding hydrogens is 104 g/mol. The average Bonchev–Trinajstić information content (AvgIpc) is 1.77. The summed E-state index contributed by atoms with van der Waals surface area (Å²) in [6.07, 6.45) is 2.03. The summed E-state index contributed by atoms with van der Waals surface area (Å²) in [4.78, 5) is 9.04. The monoisotopic (exact) mass is 114 g/mol. The smallest absolute Gasteiger partial charge is 0.119 e. The minimum absolute atomic E-state index is 0.117. The van der Waals surface area contributed by atoms with Crippen molar-refractivity contribution in [2.75, 3.05) is 0 Å². The highest BCUT2D eigenvalue weighted by molar-refractivity contribution is 5.62. The van der Waals surface area contributed by atoms with Crippen LogP contribution in [-0.2, 0) is 4.84 Å². The van der Waals surface area contributed by atoms with E-state index in [1.165, 1.54) is 0 Å². The van der Waals surface area contributed by atoms with Crippen molar-refractivity contribution in [3.63, 3.8) is 0 Å². The maximum Gasteiger partial charge on any atom is 0.119 e. The maximum absolute atomic E-state index is 4.99. The van der Waals surface area contributed by atoms with E-state index in [9.17, 15) is 0 Å². The molecule has 0 fully saturated rings. The lowest BCUT2D eigenvalue weighted by atomic mass is 10.4. The van der Waals surface area contributed by atoms with E-state index in [1.807, 2.05) is 13.8 Å². The normalized spacial score (nSPS) is 37.8. The van der Waals surface area contributed by atoms with E-state index in [0.29, 0.717) is 0 Å². The molecule has 1 N–H and O–H groups in total. The van der Waals surface area contributed by atoms with Gasteiger partial charge in [-0.1, -0.05) is 0 Å². The van der Waals surface area contributed by atoms with Crippen LogP contribution in [0.1, 0.15) is 13.8 Å². The fourth-order valence-electron chi connectivity index (χ4n) is 0.517. The van der Waals surface area contributed by atoms with Crippen molar-refractivity contribution in [3.8, 4) is 0 Å². The molecule has 0 aromatic heterocycles. The Hall–Kier alpha value is -0.410. The van der Waals surface area contributed by atoms with Gasteiger partial charge in [0.2, 0.25) is 0 Å². The molecule has 0 aliphatic carbocycles. The fourth-order valence-corrected chi connectivity index (χ4v) is 0.517. The van der Waals surface area contributed by atoms with Gasteiger partial charge in [0, 0.05) is 6.21 Å². The molecule has 0 bridgehead atoms. The van der Waals surface area contributed by atoms with Crippen LogP contribution in [0.2, 0.25) is 0 Å². The third kappa shape index (κ3) is 1.28. The Morgan fingerprint density at radius 2 is 2.38 bits per heavy atom. The van der Waals surface area contributed by atoms with Crippen LogP contribution in [0.4, 0.5) is 0 Å². The molecule has 2 unspecified atom stereocenters. The molecule has 0 aromatic carbocycles. The molecule has 0 saturated heterocycles. The minimum atomic E-state index is 0.117. The Kier molecular flexibility index (Phi) is 1.60. The van der Waals surface area contributed by atoms with Crippen LogP contribution in [0.15, 0.2) is 4.99 Å². The number of nitrogens with zero attached hydrogens (tertiary/aromatic N) is 1. The van der Waals surface area contributed by atoms with Gasteiger partial charge in [-0.15, -0.1) is 0 Å². The largest absolute Gasteiger partial charge is 0.291 e. The van der Waals surface area contributed by atoms with Crippen LogP contribution < -0.4 is 5.48 Å². The highest BCUT2D eigenvalue weighted by Gasteiger charge is 2.06. The van der Waals surface area contributed by atoms with E-state index in [0.717, 1.165) is 0 Å². The van der Waals surface area contributed by atoms with Crippen molar-refractivity contribution in [1.82, 2.24) is 5.48 Å². The molecule has 0 aromatic rings. The first-order valence-corrected chi connectivity index (χ1v) is 2.73. The summed E-state index contributed by atoms with van der Waals surface area (Å²) in [5.74, 6) is 0. The van der Waals surface area contributed by atoms with Crippen molar-refractivity contribution in [2.45, 2.75) is 26.1 Å². The number of nitrogens with one attached hydrogen (secondary N) is 1. The summed E-state index contributed by atoms with van der Waals surface area (Å²) in [5.41, 5.74) is 2.73. The van der Waals surface area contributed by atoms with Crippen molar-refractivity contribution in [1.29, 1.82) is 0 Å². The van der Waals surface area contributed by atoms with Gasteiger partial charge in [0.05, 0.1) is 0 Å². The van der Waals surface area contributed by atoms with Crippen LogP contribution in [0.3, 0.4) is 0 Å². The summed E-state index contributed by atoms with van der Waals surface area (Å²) in [5, 5.41) is 0. The molecular formula is C5H10N2O. The van der Waals surface area contributed by atoms with Gasteiger partial charge in [-0.05, 0) is 13.8 Å². The molecule has 0 spiro atoms. The number of aliphatic imine (C=N–C) groups is 1. The standard InChI is InChI=1S/C5H10N2O/c1-4-3-6-5(2)7-8-4/h3-5,7H,1-2H3. The van der Waals surface area contributed by atoms with Crippen LogP contribution in [-0.4, -0.2) is 18.5 Å². The molecule has 1 aliphatic rings. The van der Waals surface area contributed by atoms with Crippen LogP contribution in [0.25, 0.3) is 0 Å². The maximum atomic E-state index is 4.99. The highest BCUT2D eigenvalue weighted by atomic mass is 16.7. The summed E-state index contributed by atoms with van der Waals surface area (Å²) >= 11 is 0. The summed E-state index contributed by atoms with van der Waals surface area (Å²) in [7, 11) is 0. The van der Waals surface area contributed by atoms with Crippen LogP contribution >= 0.6 is 0 Å². The summed E-state index contributed by atoms with van der Waals surface area (Å²) < 4.78 is 0. The third-order valence-corrected chi connectivity index (χ3v) is 0.944. The van der Waals surface area contributed by atoms with Gasteiger partial charge in [-0.25, -0.2) is 0 Å². The van der Waals surface area contributed by atoms with Crippen molar-refractivity contribution < 1.29 is 4.84 Å². The Morgan fingerprint density at radius 1 is 1.62 bits per heavy atom. The number of hydrogen-bond acceptors (Lipinski definition) is 3. The second-order valence-corrected chi connectivity index (χ2v) is 1.91. The minimum Gasteiger partial charge on any atom is -0.291 e. The number of hydroxylamine groups is 1. The lowest BCUT2D eigenvalue weighted by Crippen LogP contribution is -2.34. The topological polar surface area (TPSA) is 33.6 Å². The predicted molar refractivity (Wildman–Crippen MR) is 31.6 cm³/mol. The zero-order valence-electron chi connectivity index (χ0n) is 5.09. The first-order chi connectivity index (χ1) is 3.79. The van der Waals surface area contributed by atoms with E-state index in [4.69, 9.17) is 4.84 Å². The SMILES string of the molecule is CC1N=CC(C)ON1. The number of rotatable bonds is 0. The quantitative estimate of drug-likeness (QED) is 0.492. The summed E-state index contributed by atoms with van der Waals surface area (Å²) in [6.45, 7) is 3.87. The zero-order valence-corrected chi connectivity index (χ0v) is 5.09. The Balaban J connectivity index is 2.42. The van der Waals surface area contributed by atoms with E-state index < -0.39 is 0 Å². The fraction of sp³-hybridized carbons (Fsp3) is 0.800. The van der Waals surface area contributed by atoms with Crippen molar-refractivity contribution >= 4 is 6.21 Å². The molecule has 3 nitrogen and oxygen atoms in total. The molecule has 1 heterocycles. The third-order valence-electron chi connectivity index (χ3n) is 0.944. The molecule has 8 heavy (non-hydrogen) atoms. The molecule has 0 radical (unpaired) electrons. The zero-order chi connectivity index (χ0) is 5.98. The average molecular weight is 114 g/mol. The van der Waals surface area contributed by atoms with Crippen LogP contribution in [0, 0.1) is 0 Å². The van der Waals surface area contributed by atoms with Crippen molar-refractivity contribution in [2.24, 2.45) is 4.99 Å². The second-order valence-electron chi connectivity index (χ2n) is 1.91. The predicted octanol–water partition coefficient (Wildman–Crippen LogP) is 0.326. The van der Waals surface area contributed by atoms with Crippen molar-refractivity contribution in [3.05, 3.63) is 0 Å². The second kappa shape index (κ2) is 2.24. The number of hydrogen-bond donors (Lipinski definition) is 1. The lowest BCUT2D eigenvalue weighted by Gasteiger charge is -2.17.